The molecule has 3 amide bonds. The fourth-order valence-electron chi connectivity index (χ4n) is 3.80. The predicted molar refractivity (Wildman–Crippen MR) is 130 cm³/mol. The molecule has 7 nitrogen and oxygen atoms in total. The Bertz CT molecular complexity index is 1200. The summed E-state index contributed by atoms with van der Waals surface area (Å²) in [5.41, 5.74) is 0.764. The van der Waals surface area contributed by atoms with Crippen LogP contribution in [-0.2, 0) is 0 Å². The molecule has 1 saturated heterocycles. The third kappa shape index (κ3) is 7.00. The zero-order chi connectivity index (χ0) is 24.6. The van der Waals surface area contributed by atoms with Crippen molar-refractivity contribution in [2.75, 3.05) is 36.8 Å². The molecule has 0 radical (unpaired) electrons. The van der Waals surface area contributed by atoms with Crippen LogP contribution in [0.1, 0.15) is 23.2 Å². The second-order valence-corrected chi connectivity index (χ2v) is 8.16. The summed E-state index contributed by atoms with van der Waals surface area (Å²) in [7, 11) is 0. The first-order valence-corrected chi connectivity index (χ1v) is 11.4. The molecule has 0 bridgehead atoms. The van der Waals surface area contributed by atoms with E-state index in [2.05, 4.69) is 20.9 Å². The van der Waals surface area contributed by atoms with E-state index in [4.69, 9.17) is 4.74 Å². The second-order valence-electron chi connectivity index (χ2n) is 8.16. The number of benzene rings is 3. The highest BCUT2D eigenvalue weighted by atomic mass is 19.1. The van der Waals surface area contributed by atoms with E-state index in [0.29, 0.717) is 12.1 Å². The van der Waals surface area contributed by atoms with E-state index in [0.717, 1.165) is 19.6 Å². The van der Waals surface area contributed by atoms with E-state index < -0.39 is 17.7 Å². The van der Waals surface area contributed by atoms with Crippen LogP contribution >= 0.6 is 0 Å². The Kier molecular flexibility index (Phi) is 7.89. The van der Waals surface area contributed by atoms with Gasteiger partial charge in [0, 0.05) is 30.4 Å². The summed E-state index contributed by atoms with van der Waals surface area (Å²) < 4.78 is 32.8. The predicted octanol–water partition coefficient (Wildman–Crippen LogP) is 5.23. The van der Waals surface area contributed by atoms with Crippen LogP contribution in [0.4, 0.5) is 25.0 Å². The highest BCUT2D eigenvalue weighted by molar-refractivity contribution is 6.02. The van der Waals surface area contributed by atoms with Gasteiger partial charge in [0.2, 0.25) is 0 Å². The van der Waals surface area contributed by atoms with Crippen molar-refractivity contribution in [2.24, 2.45) is 0 Å². The summed E-state index contributed by atoms with van der Waals surface area (Å²) in [6.45, 7) is 3.35. The molecule has 0 spiro atoms. The number of nitrogens with one attached hydrogen (secondary N) is 3. The van der Waals surface area contributed by atoms with Crippen LogP contribution in [0.2, 0.25) is 0 Å². The maximum absolute atomic E-state index is 13.6. The highest BCUT2D eigenvalue weighted by Crippen LogP contribution is 2.31. The van der Waals surface area contributed by atoms with Crippen LogP contribution < -0.4 is 20.7 Å². The minimum atomic E-state index is -0.661. The summed E-state index contributed by atoms with van der Waals surface area (Å²) in [6.07, 6.45) is 2.35. The van der Waals surface area contributed by atoms with E-state index in [-0.39, 0.29) is 28.8 Å². The SMILES string of the molecule is O=C(Nc1cccc(F)c1)Nc1cc(C(=O)NCCN2CCCC2)ccc1Oc1cccc(F)c1. The molecule has 9 heteroatoms. The Labute approximate surface area is 202 Å². The fraction of sp³-hybridized carbons (Fsp3) is 0.231. The number of amides is 3. The third-order valence-corrected chi connectivity index (χ3v) is 5.51. The van der Waals surface area contributed by atoms with Gasteiger partial charge < -0.3 is 25.6 Å². The molecule has 1 heterocycles. The Hall–Kier alpha value is -3.98. The lowest BCUT2D eigenvalue weighted by molar-refractivity contribution is 0.0949. The molecule has 1 aliphatic heterocycles. The molecule has 3 aromatic carbocycles. The molecule has 1 fully saturated rings. The Morgan fingerprint density at radius 1 is 0.886 bits per heavy atom. The lowest BCUT2D eigenvalue weighted by Crippen LogP contribution is -2.33. The Morgan fingerprint density at radius 2 is 1.63 bits per heavy atom. The number of halogens is 2. The fourth-order valence-corrected chi connectivity index (χ4v) is 3.80. The number of carbonyl (C=O) groups is 2. The Balaban J connectivity index is 1.49. The first kappa shape index (κ1) is 24.2. The van der Waals surface area contributed by atoms with E-state index in [1.165, 1.54) is 67.4 Å². The van der Waals surface area contributed by atoms with Gasteiger partial charge in [0.1, 0.15) is 17.4 Å². The van der Waals surface area contributed by atoms with Crippen LogP contribution in [0.5, 0.6) is 11.5 Å². The van der Waals surface area contributed by atoms with Gasteiger partial charge in [-0.1, -0.05) is 12.1 Å². The molecule has 0 aromatic heterocycles. The standard InChI is InChI=1S/C26H26F2N4O3/c27-19-5-3-7-21(16-19)30-26(34)31-23-15-18(25(33)29-11-14-32-12-1-2-13-32)9-10-24(23)35-22-8-4-6-20(28)17-22/h3-10,15-17H,1-2,11-14H2,(H,29,33)(H2,30,31,34). The molecule has 3 N–H and O–H groups in total. The lowest BCUT2D eigenvalue weighted by Gasteiger charge is -2.16. The zero-order valence-electron chi connectivity index (χ0n) is 19.0. The van der Waals surface area contributed by atoms with Gasteiger partial charge in [0.05, 0.1) is 5.69 Å². The van der Waals surface area contributed by atoms with Gasteiger partial charge in [-0.2, -0.15) is 0 Å². The highest BCUT2D eigenvalue weighted by Gasteiger charge is 2.16. The monoisotopic (exact) mass is 480 g/mol. The van der Waals surface area contributed by atoms with Crippen LogP contribution in [0, 0.1) is 11.6 Å². The minimum absolute atomic E-state index is 0.190. The first-order valence-electron chi connectivity index (χ1n) is 11.4. The number of nitrogens with zero attached hydrogens (tertiary/aromatic N) is 1. The molecule has 0 saturated carbocycles. The van der Waals surface area contributed by atoms with Gasteiger partial charge in [-0.05, 0) is 74.5 Å². The molecule has 0 unspecified atom stereocenters. The van der Waals surface area contributed by atoms with Crippen molar-refractivity contribution in [1.29, 1.82) is 0 Å². The number of anilines is 2. The van der Waals surface area contributed by atoms with Gasteiger partial charge in [-0.3, -0.25) is 4.79 Å². The first-order chi connectivity index (χ1) is 17.0. The van der Waals surface area contributed by atoms with Crippen molar-refractivity contribution in [3.05, 3.63) is 83.9 Å². The van der Waals surface area contributed by atoms with Crippen molar-refractivity contribution in [1.82, 2.24) is 10.2 Å². The van der Waals surface area contributed by atoms with Crippen molar-refractivity contribution in [2.45, 2.75) is 12.8 Å². The molecule has 3 aromatic rings. The molecule has 4 rings (SSSR count). The number of urea groups is 1. The summed E-state index contributed by atoms with van der Waals surface area (Å²) in [4.78, 5) is 27.6. The van der Waals surface area contributed by atoms with E-state index in [1.807, 2.05) is 0 Å². The molecule has 0 aliphatic carbocycles. The number of carbonyl (C=O) groups excluding carboxylic acids is 2. The minimum Gasteiger partial charge on any atom is -0.455 e. The summed E-state index contributed by atoms with van der Waals surface area (Å²) in [5, 5.41) is 8.05. The number of rotatable bonds is 8. The average molecular weight is 481 g/mol. The number of ether oxygens (including phenoxy) is 1. The second kappa shape index (κ2) is 11.4. The molecular weight excluding hydrogens is 454 g/mol. The molecule has 1 aliphatic rings. The Morgan fingerprint density at radius 3 is 2.37 bits per heavy atom. The van der Waals surface area contributed by atoms with Crippen molar-refractivity contribution < 1.29 is 23.1 Å². The lowest BCUT2D eigenvalue weighted by atomic mass is 10.1. The van der Waals surface area contributed by atoms with Crippen LogP contribution in [-0.4, -0.2) is 43.0 Å². The normalized spacial score (nSPS) is 13.3. The van der Waals surface area contributed by atoms with E-state index in [1.54, 1.807) is 12.1 Å². The van der Waals surface area contributed by atoms with Gasteiger partial charge in [0.25, 0.3) is 5.91 Å². The molecule has 0 atom stereocenters. The summed E-state index contributed by atoms with van der Waals surface area (Å²) in [5.74, 6) is -0.838. The van der Waals surface area contributed by atoms with Crippen LogP contribution in [0.25, 0.3) is 0 Å². The summed E-state index contributed by atoms with van der Waals surface area (Å²) >= 11 is 0. The van der Waals surface area contributed by atoms with Crippen LogP contribution in [0.15, 0.2) is 66.7 Å². The zero-order valence-corrected chi connectivity index (χ0v) is 19.0. The van der Waals surface area contributed by atoms with Crippen molar-refractivity contribution in [3.63, 3.8) is 0 Å². The van der Waals surface area contributed by atoms with Gasteiger partial charge in [0.15, 0.2) is 5.75 Å². The third-order valence-electron chi connectivity index (χ3n) is 5.51. The van der Waals surface area contributed by atoms with Gasteiger partial charge >= 0.3 is 6.03 Å². The van der Waals surface area contributed by atoms with E-state index >= 15 is 0 Å². The van der Waals surface area contributed by atoms with Crippen molar-refractivity contribution >= 4 is 23.3 Å². The maximum atomic E-state index is 13.6. The number of hydrogen-bond acceptors (Lipinski definition) is 4. The molecule has 35 heavy (non-hydrogen) atoms. The summed E-state index contributed by atoms with van der Waals surface area (Å²) in [6, 6.07) is 14.9. The number of likely N-dealkylation sites (tertiary alicyclic amines) is 1. The van der Waals surface area contributed by atoms with Gasteiger partial charge in [-0.25, -0.2) is 13.6 Å². The van der Waals surface area contributed by atoms with Gasteiger partial charge in [-0.15, -0.1) is 0 Å². The van der Waals surface area contributed by atoms with Crippen LogP contribution in [0.3, 0.4) is 0 Å². The quantitative estimate of drug-likeness (QED) is 0.413. The van der Waals surface area contributed by atoms with E-state index in [9.17, 15) is 18.4 Å². The number of hydrogen-bond donors (Lipinski definition) is 3. The average Bonchev–Trinajstić information content (AvgIpc) is 3.34. The van der Waals surface area contributed by atoms with Crippen molar-refractivity contribution in [3.8, 4) is 11.5 Å². The maximum Gasteiger partial charge on any atom is 0.323 e. The largest absolute Gasteiger partial charge is 0.455 e. The topological polar surface area (TPSA) is 82.7 Å². The molecule has 182 valence electrons. The smallest absolute Gasteiger partial charge is 0.323 e. The molecular formula is C26H26F2N4O3.